The molecule has 1 aromatic heterocycles. The maximum Gasteiger partial charge on any atom is 0.414 e. The van der Waals surface area contributed by atoms with Crippen LogP contribution in [0.2, 0.25) is 0 Å². The van der Waals surface area contributed by atoms with Gasteiger partial charge in [0.2, 0.25) is 11.8 Å². The fourth-order valence-electron chi connectivity index (χ4n) is 3.69. The Kier molecular flexibility index (Phi) is 6.21. The van der Waals surface area contributed by atoms with Gasteiger partial charge in [0.05, 0.1) is 24.5 Å². The lowest BCUT2D eigenvalue weighted by Gasteiger charge is -2.36. The van der Waals surface area contributed by atoms with Gasteiger partial charge in [0.1, 0.15) is 11.9 Å². The molecule has 0 saturated carbocycles. The highest BCUT2D eigenvalue weighted by Gasteiger charge is 2.33. The molecule has 170 valence electrons. The van der Waals surface area contributed by atoms with E-state index in [1.165, 1.54) is 17.9 Å². The van der Waals surface area contributed by atoms with E-state index in [4.69, 9.17) is 21.4 Å². The van der Waals surface area contributed by atoms with Gasteiger partial charge < -0.3 is 24.3 Å². The van der Waals surface area contributed by atoms with Crippen LogP contribution in [-0.2, 0) is 9.53 Å². The van der Waals surface area contributed by atoms with Gasteiger partial charge in [-0.1, -0.05) is 12.2 Å². The highest BCUT2D eigenvalue weighted by molar-refractivity contribution is 7.80. The normalized spacial score (nSPS) is 18.7. The van der Waals surface area contributed by atoms with Crippen LogP contribution in [0.4, 0.5) is 20.6 Å². The number of aromatic nitrogens is 2. The lowest BCUT2D eigenvalue weighted by atomic mass is 10.2. The van der Waals surface area contributed by atoms with E-state index in [1.54, 1.807) is 19.1 Å². The van der Waals surface area contributed by atoms with Crippen LogP contribution in [0.25, 0.3) is 0 Å². The van der Waals surface area contributed by atoms with Crippen molar-refractivity contribution in [3.63, 3.8) is 0 Å². The van der Waals surface area contributed by atoms with Crippen LogP contribution in [0.1, 0.15) is 18.7 Å². The summed E-state index contributed by atoms with van der Waals surface area (Å²) in [4.78, 5) is 29.0. The molecule has 2 aliphatic rings. The number of anilines is 2. The van der Waals surface area contributed by atoms with Crippen LogP contribution in [0, 0.1) is 12.7 Å². The average molecular weight is 463 g/mol. The number of rotatable bonds is 5. The van der Waals surface area contributed by atoms with Crippen LogP contribution in [0.3, 0.4) is 0 Å². The number of benzene rings is 1. The van der Waals surface area contributed by atoms with Crippen molar-refractivity contribution < 1.29 is 23.1 Å². The molecule has 32 heavy (non-hydrogen) atoms. The van der Waals surface area contributed by atoms with Crippen molar-refractivity contribution in [3.8, 4) is 0 Å². The second-order valence-corrected chi connectivity index (χ2v) is 7.98. The Morgan fingerprint density at radius 2 is 2.03 bits per heavy atom. The van der Waals surface area contributed by atoms with Gasteiger partial charge in [-0.2, -0.15) is 0 Å². The number of halogens is 1. The van der Waals surface area contributed by atoms with Crippen molar-refractivity contribution in [2.24, 2.45) is 0 Å². The van der Waals surface area contributed by atoms with Crippen molar-refractivity contribution in [1.29, 1.82) is 0 Å². The molecule has 2 aliphatic heterocycles. The number of thiocarbonyl (C=S) groups is 1. The molecule has 0 bridgehead atoms. The summed E-state index contributed by atoms with van der Waals surface area (Å²) < 4.78 is 25.6. The number of nitrogens with zero attached hydrogens (tertiary/aromatic N) is 5. The summed E-state index contributed by atoms with van der Waals surface area (Å²) in [5.74, 6) is 0.134. The van der Waals surface area contributed by atoms with Gasteiger partial charge in [0.15, 0.2) is 4.99 Å². The minimum atomic E-state index is -0.564. The van der Waals surface area contributed by atoms with E-state index in [0.29, 0.717) is 54.3 Å². The zero-order chi connectivity index (χ0) is 22.8. The van der Waals surface area contributed by atoms with E-state index >= 15 is 0 Å². The van der Waals surface area contributed by atoms with Crippen molar-refractivity contribution in [3.05, 3.63) is 35.8 Å². The molecule has 12 heteroatoms. The predicted octanol–water partition coefficient (Wildman–Crippen LogP) is 1.48. The van der Waals surface area contributed by atoms with Crippen LogP contribution in [0.5, 0.6) is 0 Å². The molecular formula is C20H23FN6O4S. The summed E-state index contributed by atoms with van der Waals surface area (Å²) >= 11 is 5.43. The molecule has 0 spiro atoms. The van der Waals surface area contributed by atoms with Crippen molar-refractivity contribution in [2.75, 3.05) is 49.1 Å². The summed E-state index contributed by atoms with van der Waals surface area (Å²) in [6.07, 6.45) is -1.04. The SMILES string of the molecule is CC(=O)NCC1CN(c2ccc(N3CCN(C(=S)c4nnc(C)o4)CC3)c(F)c2)C(=O)O1. The molecule has 0 aliphatic carbocycles. The largest absolute Gasteiger partial charge is 0.442 e. The van der Waals surface area contributed by atoms with E-state index in [0.717, 1.165) is 0 Å². The number of carbonyl (C=O) groups excluding carboxylic acids is 2. The van der Waals surface area contributed by atoms with Gasteiger partial charge in [-0.3, -0.25) is 9.69 Å². The summed E-state index contributed by atoms with van der Waals surface area (Å²) in [5, 5.41) is 10.4. The number of cyclic esters (lactones) is 1. The molecule has 1 unspecified atom stereocenters. The van der Waals surface area contributed by atoms with E-state index in [9.17, 15) is 14.0 Å². The highest BCUT2D eigenvalue weighted by atomic mass is 32.1. The first-order valence-electron chi connectivity index (χ1n) is 10.2. The fraction of sp³-hybridized carbons (Fsp3) is 0.450. The smallest absolute Gasteiger partial charge is 0.414 e. The summed E-state index contributed by atoms with van der Waals surface area (Å²) in [6, 6.07) is 4.68. The van der Waals surface area contributed by atoms with Crippen LogP contribution < -0.4 is 15.1 Å². The second kappa shape index (κ2) is 9.07. The van der Waals surface area contributed by atoms with Crippen molar-refractivity contribution in [2.45, 2.75) is 20.0 Å². The Balaban J connectivity index is 1.37. The average Bonchev–Trinajstić information content (AvgIpc) is 3.37. The monoisotopic (exact) mass is 462 g/mol. The van der Waals surface area contributed by atoms with Crippen LogP contribution in [-0.4, -0.2) is 77.5 Å². The summed E-state index contributed by atoms with van der Waals surface area (Å²) in [5.41, 5.74) is 0.864. The number of piperazine rings is 1. The Labute approximate surface area is 189 Å². The Morgan fingerprint density at radius 1 is 1.28 bits per heavy atom. The van der Waals surface area contributed by atoms with Crippen LogP contribution >= 0.6 is 12.2 Å². The van der Waals surface area contributed by atoms with Crippen molar-refractivity contribution >= 4 is 40.6 Å². The van der Waals surface area contributed by atoms with E-state index in [2.05, 4.69) is 15.5 Å². The molecule has 1 atom stereocenters. The van der Waals surface area contributed by atoms with Gasteiger partial charge in [0, 0.05) is 40.0 Å². The highest BCUT2D eigenvalue weighted by Crippen LogP contribution is 2.28. The zero-order valence-electron chi connectivity index (χ0n) is 17.7. The number of carbonyl (C=O) groups is 2. The molecule has 10 nitrogen and oxygen atoms in total. The fourth-order valence-corrected chi connectivity index (χ4v) is 3.95. The molecule has 2 fully saturated rings. The first-order chi connectivity index (χ1) is 15.3. The van der Waals surface area contributed by atoms with E-state index in [-0.39, 0.29) is 19.0 Å². The van der Waals surface area contributed by atoms with E-state index < -0.39 is 18.0 Å². The van der Waals surface area contributed by atoms with Crippen LogP contribution in [0.15, 0.2) is 22.6 Å². The standard InChI is InChI=1S/C20H23FN6O4S/c1-12(28)22-10-15-11-27(20(29)31-15)14-3-4-17(16(21)9-14)25-5-7-26(8-6-25)19(32)18-24-23-13(2)30-18/h3-4,9,15H,5-8,10-11H2,1-2H3,(H,22,28). The Hall–Kier alpha value is -3.28. The maximum absolute atomic E-state index is 14.9. The molecule has 2 aromatic rings. The molecule has 1 aromatic carbocycles. The van der Waals surface area contributed by atoms with E-state index in [1.807, 2.05) is 9.80 Å². The lowest BCUT2D eigenvalue weighted by molar-refractivity contribution is -0.119. The number of hydrogen-bond donors (Lipinski definition) is 1. The summed E-state index contributed by atoms with van der Waals surface area (Å²) in [6.45, 7) is 5.85. The molecule has 4 rings (SSSR count). The molecule has 2 saturated heterocycles. The lowest BCUT2D eigenvalue weighted by Crippen LogP contribution is -2.48. The number of amides is 2. The quantitative estimate of drug-likeness (QED) is 0.662. The maximum atomic E-state index is 14.9. The minimum Gasteiger partial charge on any atom is -0.442 e. The third kappa shape index (κ3) is 4.64. The van der Waals surface area contributed by atoms with Gasteiger partial charge in [-0.25, -0.2) is 9.18 Å². The van der Waals surface area contributed by atoms with Crippen molar-refractivity contribution in [1.82, 2.24) is 20.4 Å². The number of hydrogen-bond acceptors (Lipinski definition) is 8. The number of aryl methyl sites for hydroxylation is 1. The molecule has 0 radical (unpaired) electrons. The zero-order valence-corrected chi connectivity index (χ0v) is 18.5. The third-order valence-electron chi connectivity index (χ3n) is 5.31. The first kappa shape index (κ1) is 21.9. The minimum absolute atomic E-state index is 0.206. The summed E-state index contributed by atoms with van der Waals surface area (Å²) in [7, 11) is 0. The molecular weight excluding hydrogens is 439 g/mol. The molecule has 1 N–H and O–H groups in total. The van der Waals surface area contributed by atoms with Gasteiger partial charge in [-0.15, -0.1) is 10.2 Å². The predicted molar refractivity (Wildman–Crippen MR) is 117 cm³/mol. The molecule has 2 amide bonds. The number of ether oxygens (including phenoxy) is 1. The number of nitrogens with one attached hydrogen (secondary N) is 1. The van der Waals surface area contributed by atoms with Gasteiger partial charge in [0.25, 0.3) is 5.89 Å². The first-order valence-corrected chi connectivity index (χ1v) is 10.6. The Morgan fingerprint density at radius 3 is 2.66 bits per heavy atom. The topological polar surface area (TPSA) is 104 Å². The van der Waals surface area contributed by atoms with Gasteiger partial charge >= 0.3 is 6.09 Å². The second-order valence-electron chi connectivity index (χ2n) is 7.59. The van der Waals surface area contributed by atoms with Gasteiger partial charge in [-0.05, 0) is 18.2 Å². The third-order valence-corrected chi connectivity index (χ3v) is 5.75. The Bertz CT molecular complexity index is 1040. The molecule has 3 heterocycles.